The van der Waals surface area contributed by atoms with E-state index in [2.05, 4.69) is 26.1 Å². The Morgan fingerprint density at radius 1 is 1.17 bits per heavy atom. The Bertz CT molecular complexity index is 358. The average molecular weight is 343 g/mol. The van der Waals surface area contributed by atoms with Gasteiger partial charge in [0.15, 0.2) is 0 Å². The second-order valence-electron chi connectivity index (χ2n) is 6.21. The topological polar surface area (TPSA) is 86.6 Å². The number of hydrogen-bond donors (Lipinski definition) is 3. The third kappa shape index (κ3) is 5.87. The summed E-state index contributed by atoms with van der Waals surface area (Å²) in [5.41, 5.74) is 0.387. The second kappa shape index (κ2) is 6.08. The fourth-order valence-corrected chi connectivity index (χ4v) is 3.54. The van der Waals surface area contributed by atoms with E-state index in [1.165, 1.54) is 32.1 Å². The van der Waals surface area contributed by atoms with Crippen molar-refractivity contribution < 1.29 is 31.1 Å². The molecule has 108 valence electrons. The molecule has 3 N–H and O–H groups in total. The molecule has 5 nitrogen and oxygen atoms in total. The molecule has 0 aromatic heterocycles. The summed E-state index contributed by atoms with van der Waals surface area (Å²) in [6.07, 6.45) is 7.14. The number of rotatable bonds is 0. The molecule has 6 heteroatoms. The summed E-state index contributed by atoms with van der Waals surface area (Å²) in [5, 5.41) is 3.83. The van der Waals surface area contributed by atoms with Gasteiger partial charge in [0.05, 0.1) is 0 Å². The van der Waals surface area contributed by atoms with Crippen molar-refractivity contribution in [2.45, 2.75) is 64.5 Å². The van der Waals surface area contributed by atoms with Gasteiger partial charge in [-0.25, -0.2) is 0 Å². The number of hydrogen-bond acceptors (Lipinski definition) is 3. The van der Waals surface area contributed by atoms with Crippen molar-refractivity contribution in [3.63, 3.8) is 0 Å². The van der Waals surface area contributed by atoms with Gasteiger partial charge in [-0.05, 0) is 44.9 Å². The van der Waals surface area contributed by atoms with Gasteiger partial charge >= 0.3 is 31.1 Å². The van der Waals surface area contributed by atoms with Crippen LogP contribution in [0, 0.1) is 11.8 Å². The van der Waals surface area contributed by atoms with Gasteiger partial charge in [0, 0.05) is 11.6 Å². The standard InChI is InChI=1S/C12H23N.Mo.2H2O.2O/c1-9-8-12(2,3)13-11-7-5-4-6-10(9)11;;;;;/h9-11,13H,4-8H2,1-3H3;;2*1H2;;/q;+2;;;;/p-2. The van der Waals surface area contributed by atoms with Crippen molar-refractivity contribution in [2.24, 2.45) is 11.8 Å². The van der Waals surface area contributed by atoms with Crippen molar-refractivity contribution in [2.75, 3.05) is 0 Å². The van der Waals surface area contributed by atoms with E-state index in [-0.39, 0.29) is 0 Å². The van der Waals surface area contributed by atoms with Crippen LogP contribution < -0.4 is 5.32 Å². The zero-order chi connectivity index (χ0) is 14.0. The van der Waals surface area contributed by atoms with Gasteiger partial charge in [-0.2, -0.15) is 0 Å². The van der Waals surface area contributed by atoms with Crippen LogP contribution in [-0.2, 0) is 23.5 Å². The number of piperidine rings is 1. The second-order valence-corrected chi connectivity index (χ2v) is 8.41. The minimum atomic E-state index is -5.52. The quantitative estimate of drug-likeness (QED) is 0.582. The summed E-state index contributed by atoms with van der Waals surface area (Å²) >= 11 is -5.52. The van der Waals surface area contributed by atoms with E-state index in [4.69, 9.17) is 14.3 Å². The molecule has 1 saturated heterocycles. The summed E-state index contributed by atoms with van der Waals surface area (Å²) in [6.45, 7) is 7.16. The van der Waals surface area contributed by atoms with Gasteiger partial charge in [-0.3, -0.25) is 0 Å². The SMILES string of the molecule is CC1CC(C)(C)NC2CCCCC12.[O]=[Mo](=[O])([OH])[OH]. The van der Waals surface area contributed by atoms with Crippen LogP contribution in [0.3, 0.4) is 0 Å². The maximum atomic E-state index is 8.85. The van der Waals surface area contributed by atoms with Crippen molar-refractivity contribution in [3.05, 3.63) is 0 Å². The summed E-state index contributed by atoms with van der Waals surface area (Å²) < 4.78 is 32.0. The Balaban J connectivity index is 0.000000280. The first-order valence-corrected chi connectivity index (χ1v) is 9.99. The van der Waals surface area contributed by atoms with E-state index >= 15 is 0 Å². The van der Waals surface area contributed by atoms with Gasteiger partial charge in [-0.1, -0.05) is 19.8 Å². The molecule has 2 fully saturated rings. The average Bonchev–Trinajstić information content (AvgIpc) is 2.12. The normalized spacial score (nSPS) is 35.1. The number of fused-ring (bicyclic) bond motifs is 1. The van der Waals surface area contributed by atoms with Crippen LogP contribution in [0.15, 0.2) is 0 Å². The zero-order valence-corrected chi connectivity index (χ0v) is 13.4. The van der Waals surface area contributed by atoms with Crippen LogP contribution in [0.25, 0.3) is 0 Å². The van der Waals surface area contributed by atoms with Crippen LogP contribution in [0.1, 0.15) is 52.9 Å². The summed E-state index contributed by atoms with van der Waals surface area (Å²) in [6, 6.07) is 0.826. The van der Waals surface area contributed by atoms with Gasteiger partial charge in [0.1, 0.15) is 0 Å². The van der Waals surface area contributed by atoms with E-state index in [9.17, 15) is 0 Å². The predicted molar refractivity (Wildman–Crippen MR) is 62.6 cm³/mol. The third-order valence-corrected chi connectivity index (χ3v) is 3.96. The van der Waals surface area contributed by atoms with Crippen LogP contribution in [0.4, 0.5) is 0 Å². The molecular formula is C12H25MoNO4. The molecule has 0 spiro atoms. The van der Waals surface area contributed by atoms with Crippen LogP contribution >= 0.6 is 0 Å². The molecule has 3 atom stereocenters. The monoisotopic (exact) mass is 345 g/mol. The van der Waals surface area contributed by atoms with Gasteiger partial charge in [0.25, 0.3) is 0 Å². The summed E-state index contributed by atoms with van der Waals surface area (Å²) in [5.74, 6) is 1.91. The van der Waals surface area contributed by atoms with E-state index in [1.54, 1.807) is 0 Å². The molecule has 2 aliphatic rings. The first-order chi connectivity index (χ1) is 8.08. The Kier molecular flexibility index (Phi) is 5.48. The minimum absolute atomic E-state index is 0.387. The molecule has 0 aromatic carbocycles. The predicted octanol–water partition coefficient (Wildman–Crippen LogP) is 1.60. The van der Waals surface area contributed by atoms with Crippen molar-refractivity contribution >= 4 is 0 Å². The molecule has 1 aliphatic heterocycles. The Morgan fingerprint density at radius 3 is 2.22 bits per heavy atom. The molecule has 18 heavy (non-hydrogen) atoms. The Labute approximate surface area is 113 Å². The molecule has 0 aromatic rings. The zero-order valence-electron chi connectivity index (χ0n) is 11.4. The third-order valence-electron chi connectivity index (χ3n) is 3.96. The maximum absolute atomic E-state index is 8.85. The van der Waals surface area contributed by atoms with Crippen molar-refractivity contribution in [1.82, 2.24) is 5.32 Å². The van der Waals surface area contributed by atoms with Crippen LogP contribution in [0.5, 0.6) is 0 Å². The van der Waals surface area contributed by atoms with E-state index < -0.39 is 16.7 Å². The molecule has 0 bridgehead atoms. The van der Waals surface area contributed by atoms with Crippen molar-refractivity contribution in [1.29, 1.82) is 0 Å². The Hall–Kier alpha value is 0.168. The van der Waals surface area contributed by atoms with Crippen LogP contribution in [-0.4, -0.2) is 19.1 Å². The Morgan fingerprint density at radius 2 is 1.67 bits per heavy atom. The summed E-state index contributed by atoms with van der Waals surface area (Å²) in [7, 11) is 0. The molecule has 1 saturated carbocycles. The first kappa shape index (κ1) is 16.2. The molecular weight excluding hydrogens is 318 g/mol. The van der Waals surface area contributed by atoms with E-state index in [1.807, 2.05) is 0 Å². The fourth-order valence-electron chi connectivity index (χ4n) is 3.54. The molecule has 2 rings (SSSR count). The fraction of sp³-hybridized carbons (Fsp3) is 1.00. The summed E-state index contributed by atoms with van der Waals surface area (Å²) in [4.78, 5) is 0. The van der Waals surface area contributed by atoms with Crippen LogP contribution in [0.2, 0.25) is 0 Å². The van der Waals surface area contributed by atoms with E-state index in [0.717, 1.165) is 17.9 Å². The number of nitrogens with one attached hydrogen (secondary N) is 1. The molecule has 0 amide bonds. The molecule has 3 unspecified atom stereocenters. The van der Waals surface area contributed by atoms with Crippen molar-refractivity contribution in [3.8, 4) is 0 Å². The van der Waals surface area contributed by atoms with E-state index in [0.29, 0.717) is 5.54 Å². The molecule has 0 radical (unpaired) electrons. The molecule has 1 heterocycles. The first-order valence-electron chi connectivity index (χ1n) is 6.56. The molecule has 1 aliphatic carbocycles. The van der Waals surface area contributed by atoms with Gasteiger partial charge in [0.2, 0.25) is 0 Å². The van der Waals surface area contributed by atoms with Gasteiger partial charge in [-0.15, -0.1) is 0 Å². The van der Waals surface area contributed by atoms with Gasteiger partial charge < -0.3 is 5.32 Å².